The second-order valence-electron chi connectivity index (χ2n) is 6.08. The van der Waals surface area contributed by atoms with Gasteiger partial charge in [-0.1, -0.05) is 42.2 Å². The van der Waals surface area contributed by atoms with Crippen LogP contribution >= 0.6 is 35.3 Å². The lowest BCUT2D eigenvalue weighted by molar-refractivity contribution is -0.137. The lowest BCUT2D eigenvalue weighted by Gasteiger charge is -2.17. The van der Waals surface area contributed by atoms with Crippen LogP contribution in [0.4, 0.5) is 10.8 Å². The monoisotopic (exact) mass is 447 g/mol. The lowest BCUT2D eigenvalue weighted by atomic mass is 10.3. The fraction of sp³-hybridized carbons (Fsp3) is 0.211. The number of hydrogen-bond acceptors (Lipinski definition) is 7. The Bertz CT molecular complexity index is 988. The van der Waals surface area contributed by atoms with E-state index in [4.69, 9.17) is 17.3 Å². The molecule has 0 bridgehead atoms. The molecule has 0 unspecified atom stereocenters. The summed E-state index contributed by atoms with van der Waals surface area (Å²) in [7, 11) is 0. The summed E-state index contributed by atoms with van der Waals surface area (Å²) < 4.78 is 0.400. The molecule has 1 saturated heterocycles. The van der Waals surface area contributed by atoms with Crippen LogP contribution in [-0.4, -0.2) is 43.6 Å². The van der Waals surface area contributed by atoms with Crippen LogP contribution in [0, 0.1) is 0 Å². The van der Waals surface area contributed by atoms with Crippen LogP contribution in [0.15, 0.2) is 40.6 Å². The first-order valence-electron chi connectivity index (χ1n) is 8.65. The zero-order valence-corrected chi connectivity index (χ0v) is 17.9. The summed E-state index contributed by atoms with van der Waals surface area (Å²) in [6.07, 6.45) is 1.95. The minimum Gasteiger partial charge on any atom is -0.481 e. The molecule has 1 aromatic heterocycles. The van der Waals surface area contributed by atoms with E-state index in [0.717, 1.165) is 11.8 Å². The summed E-state index contributed by atoms with van der Waals surface area (Å²) in [6.45, 7) is 1.74. The largest absolute Gasteiger partial charge is 0.481 e. The quantitative estimate of drug-likeness (QED) is 0.508. The van der Waals surface area contributed by atoms with E-state index in [1.165, 1.54) is 28.1 Å². The molecule has 1 aliphatic heterocycles. The van der Waals surface area contributed by atoms with Crippen LogP contribution in [0.1, 0.15) is 25.5 Å². The molecule has 3 rings (SSSR count). The van der Waals surface area contributed by atoms with E-state index < -0.39 is 5.97 Å². The van der Waals surface area contributed by atoms with Crippen molar-refractivity contribution in [3.8, 4) is 0 Å². The fourth-order valence-electron chi connectivity index (χ4n) is 2.66. The molecule has 0 aliphatic carbocycles. The highest BCUT2D eigenvalue weighted by Crippen LogP contribution is 2.34. The Balaban J connectivity index is 1.77. The van der Waals surface area contributed by atoms with Gasteiger partial charge < -0.3 is 5.11 Å². The molecule has 1 N–H and O–H groups in total. The number of carboxylic acids is 1. The maximum atomic E-state index is 12.6. The number of rotatable bonds is 7. The normalized spacial score (nSPS) is 15.2. The summed E-state index contributed by atoms with van der Waals surface area (Å²) in [5.41, 5.74) is 1.27. The summed E-state index contributed by atoms with van der Waals surface area (Å²) in [5, 5.41) is 11.0. The van der Waals surface area contributed by atoms with Crippen LogP contribution < -0.4 is 4.90 Å². The highest BCUT2D eigenvalue weighted by Gasteiger charge is 2.32. The van der Waals surface area contributed by atoms with Crippen molar-refractivity contribution in [3.63, 3.8) is 0 Å². The number of aliphatic carboxylic acids is 1. The van der Waals surface area contributed by atoms with E-state index >= 15 is 0 Å². The third-order valence-corrected chi connectivity index (χ3v) is 6.18. The van der Waals surface area contributed by atoms with Crippen molar-refractivity contribution >= 4 is 74.3 Å². The minimum atomic E-state index is -0.908. The molecule has 2 heterocycles. The Morgan fingerprint density at radius 3 is 2.69 bits per heavy atom. The van der Waals surface area contributed by atoms with E-state index in [1.807, 2.05) is 30.3 Å². The van der Waals surface area contributed by atoms with Gasteiger partial charge in [0.15, 0.2) is 5.13 Å². The first kappa shape index (κ1) is 21.2. The maximum Gasteiger partial charge on any atom is 0.303 e. The molecular weight excluding hydrogens is 430 g/mol. The number of hydrogen-bond donors (Lipinski definition) is 1. The third kappa shape index (κ3) is 5.08. The molecule has 1 aromatic carbocycles. The van der Waals surface area contributed by atoms with Gasteiger partial charge in [0.1, 0.15) is 4.32 Å². The molecule has 10 heteroatoms. The number of benzene rings is 1. The molecule has 0 radical (unpaired) electrons. The van der Waals surface area contributed by atoms with Gasteiger partial charge in [0.2, 0.25) is 5.91 Å². The first-order chi connectivity index (χ1) is 13.9. The van der Waals surface area contributed by atoms with Crippen LogP contribution in [-0.2, 0) is 14.4 Å². The molecule has 29 heavy (non-hydrogen) atoms. The smallest absolute Gasteiger partial charge is 0.303 e. The molecular formula is C19H17N3O4S3. The summed E-state index contributed by atoms with van der Waals surface area (Å²) >= 11 is 7.71. The van der Waals surface area contributed by atoms with Gasteiger partial charge >= 0.3 is 5.97 Å². The van der Waals surface area contributed by atoms with E-state index in [9.17, 15) is 14.4 Å². The Hall–Kier alpha value is -2.56. The minimum absolute atomic E-state index is 0.0219. The second-order valence-corrected chi connectivity index (χ2v) is 8.59. The number of para-hydroxylation sites is 1. The Morgan fingerprint density at radius 1 is 1.31 bits per heavy atom. The Morgan fingerprint density at radius 2 is 2.03 bits per heavy atom. The van der Waals surface area contributed by atoms with Gasteiger partial charge in [-0.25, -0.2) is 4.98 Å². The first-order valence-corrected chi connectivity index (χ1v) is 10.8. The molecule has 2 aromatic rings. The third-order valence-electron chi connectivity index (χ3n) is 3.96. The van der Waals surface area contributed by atoms with Crippen molar-refractivity contribution in [2.75, 3.05) is 11.4 Å². The molecule has 0 atom stereocenters. The molecule has 1 aliphatic rings. The van der Waals surface area contributed by atoms with Gasteiger partial charge in [-0.15, -0.1) is 11.3 Å². The standard InChI is InChI=1S/C19H17N3O4S3/c1-12(23)22(14-6-3-2-4-7-14)18-20-13(11-28-18)10-15-17(26)21(19(27)29-15)9-5-8-16(24)25/h2-4,6-7,10-11H,5,8-9H2,1H3,(H,24,25)/b15-10+. The Labute approximate surface area is 181 Å². The van der Waals surface area contributed by atoms with Crippen LogP contribution in [0.3, 0.4) is 0 Å². The Kier molecular flexibility index (Phi) is 6.78. The molecule has 0 spiro atoms. The summed E-state index contributed by atoms with van der Waals surface area (Å²) in [4.78, 5) is 43.2. The van der Waals surface area contributed by atoms with E-state index in [-0.39, 0.29) is 24.8 Å². The number of carbonyl (C=O) groups is 3. The average Bonchev–Trinajstić information content (AvgIpc) is 3.22. The molecule has 7 nitrogen and oxygen atoms in total. The number of thioether (sulfide) groups is 1. The number of nitrogens with zero attached hydrogens (tertiary/aromatic N) is 3. The molecule has 1 fully saturated rings. The van der Waals surface area contributed by atoms with Crippen molar-refractivity contribution in [1.82, 2.24) is 9.88 Å². The average molecular weight is 448 g/mol. The predicted molar refractivity (Wildman–Crippen MR) is 118 cm³/mol. The van der Waals surface area contributed by atoms with Gasteiger partial charge in [0.25, 0.3) is 5.91 Å². The second kappa shape index (κ2) is 9.29. The van der Waals surface area contributed by atoms with E-state index in [2.05, 4.69) is 4.98 Å². The van der Waals surface area contributed by atoms with Gasteiger partial charge in [0, 0.05) is 25.3 Å². The van der Waals surface area contributed by atoms with Crippen LogP contribution in [0.5, 0.6) is 0 Å². The zero-order valence-electron chi connectivity index (χ0n) is 15.4. The van der Waals surface area contributed by atoms with Gasteiger partial charge in [-0.05, 0) is 24.6 Å². The van der Waals surface area contributed by atoms with Crippen LogP contribution in [0.2, 0.25) is 0 Å². The maximum absolute atomic E-state index is 12.6. The van der Waals surface area contributed by atoms with Gasteiger partial charge in [-0.3, -0.25) is 24.2 Å². The lowest BCUT2D eigenvalue weighted by Crippen LogP contribution is -2.29. The number of aromatic nitrogens is 1. The SMILES string of the molecule is CC(=O)N(c1ccccc1)c1nc(/C=C2/SC(=S)N(CCCC(=O)O)C2=O)cs1. The van der Waals surface area contributed by atoms with E-state index in [1.54, 1.807) is 11.5 Å². The van der Waals surface area contributed by atoms with E-state index in [0.29, 0.717) is 32.2 Å². The highest BCUT2D eigenvalue weighted by molar-refractivity contribution is 8.26. The van der Waals surface area contributed by atoms with Gasteiger partial charge in [0.05, 0.1) is 16.3 Å². The van der Waals surface area contributed by atoms with Crippen molar-refractivity contribution in [1.29, 1.82) is 0 Å². The number of anilines is 2. The summed E-state index contributed by atoms with van der Waals surface area (Å²) in [5.74, 6) is -1.33. The number of thiocarbonyl (C=S) groups is 1. The summed E-state index contributed by atoms with van der Waals surface area (Å²) in [6, 6.07) is 9.20. The van der Waals surface area contributed by atoms with Crippen molar-refractivity contribution in [2.24, 2.45) is 0 Å². The van der Waals surface area contributed by atoms with Crippen LogP contribution in [0.25, 0.3) is 6.08 Å². The fourth-order valence-corrected chi connectivity index (χ4v) is 4.80. The number of amides is 2. The van der Waals surface area contributed by atoms with Gasteiger partial charge in [-0.2, -0.15) is 0 Å². The number of carboxylic acid groups (broad SMARTS) is 1. The predicted octanol–water partition coefficient (Wildman–Crippen LogP) is 3.89. The van der Waals surface area contributed by atoms with Crippen molar-refractivity contribution < 1.29 is 19.5 Å². The number of carbonyl (C=O) groups excluding carboxylic acids is 2. The highest BCUT2D eigenvalue weighted by atomic mass is 32.2. The van der Waals surface area contributed by atoms with Crippen molar-refractivity contribution in [2.45, 2.75) is 19.8 Å². The molecule has 0 saturated carbocycles. The number of thiazole rings is 1. The van der Waals surface area contributed by atoms with Crippen molar-refractivity contribution in [3.05, 3.63) is 46.3 Å². The molecule has 150 valence electrons. The molecule has 2 amide bonds. The topological polar surface area (TPSA) is 90.8 Å². The zero-order chi connectivity index (χ0) is 21.0.